The Morgan fingerprint density at radius 3 is 2.23 bits per heavy atom. The molecule has 0 spiro atoms. The molecular weight excluding hydrogens is 419 g/mol. The van der Waals surface area contributed by atoms with Crippen LogP contribution in [-0.4, -0.2) is 51.4 Å². The van der Waals surface area contributed by atoms with Crippen molar-refractivity contribution in [2.75, 3.05) is 31.1 Å². The van der Waals surface area contributed by atoms with Crippen molar-refractivity contribution >= 4 is 21.6 Å². The number of sulfonamides is 1. The number of halogens is 3. The van der Waals surface area contributed by atoms with Gasteiger partial charge in [-0.25, -0.2) is 8.42 Å². The molecule has 162 valence electrons. The number of rotatable bonds is 5. The summed E-state index contributed by atoms with van der Waals surface area (Å²) in [5, 5.41) is 0. The number of alkyl halides is 3. The van der Waals surface area contributed by atoms with Gasteiger partial charge < -0.3 is 9.80 Å². The number of nitrogens with one attached hydrogen (secondary N) is 1. The lowest BCUT2D eigenvalue weighted by Gasteiger charge is -2.37. The second-order valence-corrected chi connectivity index (χ2v) is 8.73. The number of benzene rings is 2. The first-order chi connectivity index (χ1) is 14.1. The average Bonchev–Trinajstić information content (AvgIpc) is 2.73. The maximum Gasteiger partial charge on any atom is 0.416 e. The Labute approximate surface area is 173 Å². The molecule has 1 amide bonds. The molecule has 1 N–H and O–H groups in total. The first kappa shape index (κ1) is 22.1. The van der Waals surface area contributed by atoms with Crippen molar-refractivity contribution in [1.82, 2.24) is 9.62 Å². The zero-order chi connectivity index (χ0) is 21.9. The lowest BCUT2D eigenvalue weighted by Crippen LogP contribution is -2.54. The van der Waals surface area contributed by atoms with Gasteiger partial charge in [0.15, 0.2) is 0 Å². The van der Waals surface area contributed by atoms with Crippen molar-refractivity contribution in [3.05, 3.63) is 60.2 Å². The predicted octanol–water partition coefficient (Wildman–Crippen LogP) is 2.72. The highest BCUT2D eigenvalue weighted by Crippen LogP contribution is 2.31. The Balaban J connectivity index is 1.60. The van der Waals surface area contributed by atoms with E-state index < -0.39 is 27.8 Å². The first-order valence-corrected chi connectivity index (χ1v) is 10.8. The fourth-order valence-electron chi connectivity index (χ4n) is 3.29. The van der Waals surface area contributed by atoms with Crippen molar-refractivity contribution in [1.29, 1.82) is 0 Å². The molecule has 0 saturated carbocycles. The number of hydrogen-bond acceptors (Lipinski definition) is 4. The van der Waals surface area contributed by atoms with Crippen LogP contribution >= 0.6 is 0 Å². The standard InChI is InChI=1S/C20H22F3N3O3S/c1-15(24-30(28,29)18-8-3-2-4-9-18)19(27)26-12-10-25(11-13-26)17-7-5-6-16(14-17)20(21,22)23/h2-9,14-15,24H,10-13H2,1H3/t15-/m0/s1. The zero-order valence-electron chi connectivity index (χ0n) is 16.3. The third kappa shape index (κ3) is 5.11. The molecule has 0 aromatic heterocycles. The van der Waals surface area contributed by atoms with Gasteiger partial charge in [0, 0.05) is 31.9 Å². The summed E-state index contributed by atoms with van der Waals surface area (Å²) in [5.41, 5.74) is -0.280. The van der Waals surface area contributed by atoms with E-state index >= 15 is 0 Å². The van der Waals surface area contributed by atoms with E-state index in [1.165, 1.54) is 30.0 Å². The molecule has 3 rings (SSSR count). The minimum atomic E-state index is -4.42. The lowest BCUT2D eigenvalue weighted by molar-refractivity contribution is -0.137. The van der Waals surface area contributed by atoms with E-state index in [1.807, 2.05) is 0 Å². The summed E-state index contributed by atoms with van der Waals surface area (Å²) < 4.78 is 65.9. The second-order valence-electron chi connectivity index (χ2n) is 7.02. The molecule has 1 heterocycles. The summed E-state index contributed by atoms with van der Waals surface area (Å²) in [6.07, 6.45) is -4.42. The third-order valence-corrected chi connectivity index (χ3v) is 6.44. The highest BCUT2D eigenvalue weighted by atomic mass is 32.2. The lowest BCUT2D eigenvalue weighted by atomic mass is 10.1. The molecule has 10 heteroatoms. The molecule has 2 aromatic carbocycles. The van der Waals surface area contributed by atoms with Crippen molar-refractivity contribution < 1.29 is 26.4 Å². The van der Waals surface area contributed by atoms with Gasteiger partial charge >= 0.3 is 6.18 Å². The van der Waals surface area contributed by atoms with Crippen molar-refractivity contribution in [2.45, 2.75) is 24.0 Å². The van der Waals surface area contributed by atoms with E-state index in [0.29, 0.717) is 18.8 Å². The topological polar surface area (TPSA) is 69.7 Å². The second kappa shape index (κ2) is 8.65. The summed E-state index contributed by atoms with van der Waals surface area (Å²) in [7, 11) is -3.83. The van der Waals surface area contributed by atoms with E-state index in [4.69, 9.17) is 0 Å². The van der Waals surface area contributed by atoms with Gasteiger partial charge in [0.1, 0.15) is 0 Å². The molecule has 1 saturated heterocycles. The molecule has 1 aliphatic rings. The fraction of sp³-hybridized carbons (Fsp3) is 0.350. The number of nitrogens with zero attached hydrogens (tertiary/aromatic N) is 2. The largest absolute Gasteiger partial charge is 0.416 e. The van der Waals surface area contributed by atoms with Gasteiger partial charge in [-0.3, -0.25) is 4.79 Å². The number of carbonyl (C=O) groups is 1. The van der Waals surface area contributed by atoms with Crippen LogP contribution in [0.25, 0.3) is 0 Å². The molecule has 0 aliphatic carbocycles. The summed E-state index contributed by atoms with van der Waals surface area (Å²) in [6.45, 7) is 2.75. The summed E-state index contributed by atoms with van der Waals surface area (Å²) in [5.74, 6) is -0.377. The van der Waals surface area contributed by atoms with Crippen LogP contribution in [0, 0.1) is 0 Å². The quantitative estimate of drug-likeness (QED) is 0.775. The van der Waals surface area contributed by atoms with Crippen LogP contribution in [0.5, 0.6) is 0 Å². The Bertz CT molecular complexity index is 989. The monoisotopic (exact) mass is 441 g/mol. The van der Waals surface area contributed by atoms with Gasteiger partial charge in [0.2, 0.25) is 15.9 Å². The maximum absolute atomic E-state index is 12.9. The van der Waals surface area contributed by atoms with Gasteiger partial charge in [-0.15, -0.1) is 0 Å². The molecule has 1 aliphatic heterocycles. The number of amides is 1. The predicted molar refractivity (Wildman–Crippen MR) is 106 cm³/mol. The number of carbonyl (C=O) groups excluding carboxylic acids is 1. The van der Waals surface area contributed by atoms with E-state index in [0.717, 1.165) is 12.1 Å². The minimum Gasteiger partial charge on any atom is -0.368 e. The van der Waals surface area contributed by atoms with Gasteiger partial charge in [-0.05, 0) is 37.3 Å². The van der Waals surface area contributed by atoms with Gasteiger partial charge in [-0.1, -0.05) is 24.3 Å². The number of hydrogen-bond donors (Lipinski definition) is 1. The Kier molecular flexibility index (Phi) is 6.37. The zero-order valence-corrected chi connectivity index (χ0v) is 17.1. The maximum atomic E-state index is 12.9. The first-order valence-electron chi connectivity index (χ1n) is 9.36. The summed E-state index contributed by atoms with van der Waals surface area (Å²) in [4.78, 5) is 16.0. The van der Waals surface area contributed by atoms with Crippen molar-refractivity contribution in [2.24, 2.45) is 0 Å². The van der Waals surface area contributed by atoms with Gasteiger partial charge in [-0.2, -0.15) is 17.9 Å². The van der Waals surface area contributed by atoms with Crippen LogP contribution in [0.4, 0.5) is 18.9 Å². The van der Waals surface area contributed by atoms with Crippen LogP contribution in [-0.2, 0) is 21.0 Å². The smallest absolute Gasteiger partial charge is 0.368 e. The number of piperazine rings is 1. The molecule has 1 fully saturated rings. The summed E-state index contributed by atoms with van der Waals surface area (Å²) >= 11 is 0. The molecule has 1 atom stereocenters. The van der Waals surface area contributed by atoms with Crippen LogP contribution < -0.4 is 9.62 Å². The van der Waals surface area contributed by atoms with E-state index in [1.54, 1.807) is 29.2 Å². The van der Waals surface area contributed by atoms with E-state index in [9.17, 15) is 26.4 Å². The fourth-order valence-corrected chi connectivity index (χ4v) is 4.51. The van der Waals surface area contributed by atoms with Gasteiger partial charge in [0.25, 0.3) is 0 Å². The Morgan fingerprint density at radius 2 is 1.63 bits per heavy atom. The molecule has 0 bridgehead atoms. The third-order valence-electron chi connectivity index (χ3n) is 4.89. The molecular formula is C20H22F3N3O3S. The van der Waals surface area contributed by atoms with Crippen LogP contribution in [0.15, 0.2) is 59.5 Å². The van der Waals surface area contributed by atoms with Crippen molar-refractivity contribution in [3.8, 4) is 0 Å². The molecule has 30 heavy (non-hydrogen) atoms. The minimum absolute atomic E-state index is 0.0685. The Hall–Kier alpha value is -2.59. The van der Waals surface area contributed by atoms with Crippen LogP contribution in [0.1, 0.15) is 12.5 Å². The Morgan fingerprint density at radius 1 is 1.00 bits per heavy atom. The molecule has 0 radical (unpaired) electrons. The van der Waals surface area contributed by atoms with Crippen molar-refractivity contribution in [3.63, 3.8) is 0 Å². The van der Waals surface area contributed by atoms with Gasteiger partial charge in [0.05, 0.1) is 16.5 Å². The number of anilines is 1. The van der Waals surface area contributed by atoms with Crippen LogP contribution in [0.2, 0.25) is 0 Å². The highest BCUT2D eigenvalue weighted by molar-refractivity contribution is 7.89. The van der Waals surface area contributed by atoms with Crippen LogP contribution in [0.3, 0.4) is 0 Å². The van der Waals surface area contributed by atoms with E-state index in [2.05, 4.69) is 4.72 Å². The highest BCUT2D eigenvalue weighted by Gasteiger charge is 2.32. The van der Waals surface area contributed by atoms with E-state index in [-0.39, 0.29) is 23.9 Å². The molecule has 2 aromatic rings. The SMILES string of the molecule is C[C@H](NS(=O)(=O)c1ccccc1)C(=O)N1CCN(c2cccc(C(F)(F)F)c2)CC1. The molecule has 0 unspecified atom stereocenters. The summed E-state index contributed by atoms with van der Waals surface area (Å²) in [6, 6.07) is 11.9. The normalized spacial score (nSPS) is 16.4. The average molecular weight is 441 g/mol. The molecule has 6 nitrogen and oxygen atoms in total.